The Bertz CT molecular complexity index is 449. The van der Waals surface area contributed by atoms with Crippen LogP contribution in [0.4, 0.5) is 5.13 Å². The third-order valence-electron chi connectivity index (χ3n) is 3.56. The molecule has 0 N–H and O–H groups in total. The van der Waals surface area contributed by atoms with Crippen LogP contribution in [0.15, 0.2) is 0 Å². The number of carbonyl (C=O) groups is 1. The van der Waals surface area contributed by atoms with Gasteiger partial charge in [-0.2, -0.15) is 0 Å². The molecule has 1 saturated heterocycles. The fourth-order valence-corrected chi connectivity index (χ4v) is 3.55. The lowest BCUT2D eigenvalue weighted by atomic mass is 9.93. The van der Waals surface area contributed by atoms with Gasteiger partial charge in [-0.1, -0.05) is 29.9 Å². The van der Waals surface area contributed by atoms with Gasteiger partial charge >= 0.3 is 5.97 Å². The van der Waals surface area contributed by atoms with E-state index in [-0.39, 0.29) is 5.15 Å². The molecule has 0 saturated carbocycles. The Morgan fingerprint density at radius 1 is 1.56 bits per heavy atom. The summed E-state index contributed by atoms with van der Waals surface area (Å²) in [5, 5.41) is 1.06. The Labute approximate surface area is 116 Å². The number of methoxy groups -OCH3 is 1. The first-order chi connectivity index (χ1) is 8.54. The van der Waals surface area contributed by atoms with Gasteiger partial charge in [0.2, 0.25) is 0 Å². The number of aromatic nitrogens is 1. The van der Waals surface area contributed by atoms with Crippen LogP contribution in [-0.2, 0) is 4.74 Å². The topological polar surface area (TPSA) is 42.4 Å². The predicted molar refractivity (Wildman–Crippen MR) is 73.7 cm³/mol. The molecule has 18 heavy (non-hydrogen) atoms. The van der Waals surface area contributed by atoms with Crippen LogP contribution in [0.2, 0.25) is 5.15 Å². The monoisotopic (exact) mass is 288 g/mol. The number of nitrogens with zero attached hydrogens (tertiary/aromatic N) is 2. The van der Waals surface area contributed by atoms with Gasteiger partial charge in [0.15, 0.2) is 15.2 Å². The summed E-state index contributed by atoms with van der Waals surface area (Å²) < 4.78 is 4.69. The molecule has 2 rings (SSSR count). The molecule has 2 heterocycles. The highest BCUT2D eigenvalue weighted by Crippen LogP contribution is 2.35. The largest absolute Gasteiger partial charge is 0.465 e. The third-order valence-corrected chi connectivity index (χ3v) is 5.02. The Kier molecular flexibility index (Phi) is 4.12. The molecular formula is C12H17ClN2O2S. The van der Waals surface area contributed by atoms with Crippen LogP contribution in [0.25, 0.3) is 0 Å². The van der Waals surface area contributed by atoms with Crippen LogP contribution in [-0.4, -0.2) is 30.6 Å². The van der Waals surface area contributed by atoms with Crippen molar-refractivity contribution < 1.29 is 9.53 Å². The van der Waals surface area contributed by atoms with Crippen molar-refractivity contribution in [3.63, 3.8) is 0 Å². The second kappa shape index (κ2) is 5.45. The number of hydrogen-bond donors (Lipinski definition) is 0. The third kappa shape index (κ3) is 2.47. The summed E-state index contributed by atoms with van der Waals surface area (Å²) in [6.45, 7) is 5.40. The molecule has 0 amide bonds. The molecule has 4 nitrogen and oxygen atoms in total. The summed E-state index contributed by atoms with van der Waals surface area (Å²) in [6.07, 6.45) is 2.39. The summed E-state index contributed by atoms with van der Waals surface area (Å²) in [5.41, 5.74) is 0. The van der Waals surface area contributed by atoms with Crippen LogP contribution in [0.1, 0.15) is 36.4 Å². The lowest BCUT2D eigenvalue weighted by Gasteiger charge is -2.37. The average molecular weight is 289 g/mol. The van der Waals surface area contributed by atoms with Crippen molar-refractivity contribution in [2.24, 2.45) is 5.92 Å². The molecule has 6 heteroatoms. The van der Waals surface area contributed by atoms with Crippen molar-refractivity contribution in [2.75, 3.05) is 18.6 Å². The van der Waals surface area contributed by atoms with Gasteiger partial charge in [0, 0.05) is 12.6 Å². The molecule has 1 aliphatic rings. The number of thiazole rings is 1. The van der Waals surface area contributed by atoms with Crippen LogP contribution < -0.4 is 4.90 Å². The van der Waals surface area contributed by atoms with E-state index in [1.165, 1.54) is 24.9 Å². The van der Waals surface area contributed by atoms with Gasteiger partial charge in [-0.25, -0.2) is 9.78 Å². The normalized spacial score (nSPS) is 24.1. The Morgan fingerprint density at radius 3 is 2.94 bits per heavy atom. The molecule has 2 unspecified atom stereocenters. The molecule has 0 aromatic carbocycles. The fourth-order valence-electron chi connectivity index (χ4n) is 2.24. The number of anilines is 1. The smallest absolute Gasteiger partial charge is 0.351 e. The van der Waals surface area contributed by atoms with Crippen LogP contribution in [0.3, 0.4) is 0 Å². The lowest BCUT2D eigenvalue weighted by Crippen LogP contribution is -2.42. The van der Waals surface area contributed by atoms with E-state index in [1.807, 2.05) is 0 Å². The summed E-state index contributed by atoms with van der Waals surface area (Å²) in [5.74, 6) is 0.212. The molecule has 2 atom stereocenters. The van der Waals surface area contributed by atoms with E-state index >= 15 is 0 Å². The summed E-state index contributed by atoms with van der Waals surface area (Å²) in [7, 11) is 1.35. The molecule has 100 valence electrons. The van der Waals surface area contributed by atoms with E-state index in [4.69, 9.17) is 16.3 Å². The van der Waals surface area contributed by atoms with E-state index in [2.05, 4.69) is 23.7 Å². The van der Waals surface area contributed by atoms with Crippen molar-refractivity contribution in [1.29, 1.82) is 0 Å². The molecule has 1 aliphatic heterocycles. The molecule has 1 fully saturated rings. The quantitative estimate of drug-likeness (QED) is 0.784. The highest BCUT2D eigenvalue weighted by molar-refractivity contribution is 7.18. The first-order valence-electron chi connectivity index (χ1n) is 6.06. The zero-order valence-corrected chi connectivity index (χ0v) is 12.3. The van der Waals surface area contributed by atoms with Gasteiger partial charge in [-0.15, -0.1) is 0 Å². The van der Waals surface area contributed by atoms with Gasteiger partial charge < -0.3 is 9.64 Å². The maximum absolute atomic E-state index is 11.5. The maximum atomic E-state index is 11.5. The molecule has 1 aromatic rings. The van der Waals surface area contributed by atoms with Gasteiger partial charge in [0.05, 0.1) is 7.11 Å². The first-order valence-corrected chi connectivity index (χ1v) is 7.25. The molecule has 0 aliphatic carbocycles. The second-order valence-corrected chi connectivity index (χ2v) is 6.00. The predicted octanol–water partition coefficient (Wildman–Crippen LogP) is 3.21. The minimum Gasteiger partial charge on any atom is -0.465 e. The van der Waals surface area contributed by atoms with Crippen molar-refractivity contribution in [3.8, 4) is 0 Å². The highest BCUT2D eigenvalue weighted by Gasteiger charge is 2.28. The number of ether oxygens (including phenoxy) is 1. The lowest BCUT2D eigenvalue weighted by molar-refractivity contribution is 0.0606. The van der Waals surface area contributed by atoms with Gasteiger partial charge in [-0.05, 0) is 25.7 Å². The van der Waals surface area contributed by atoms with Crippen LogP contribution in [0.5, 0.6) is 0 Å². The van der Waals surface area contributed by atoms with E-state index < -0.39 is 5.97 Å². The summed E-state index contributed by atoms with van der Waals surface area (Å²) in [6, 6.07) is 0.423. The number of piperidine rings is 1. The van der Waals surface area contributed by atoms with Gasteiger partial charge in [0.25, 0.3) is 0 Å². The molecule has 0 radical (unpaired) electrons. The number of halogens is 1. The van der Waals surface area contributed by atoms with E-state index in [0.29, 0.717) is 16.8 Å². The zero-order valence-electron chi connectivity index (χ0n) is 10.8. The van der Waals surface area contributed by atoms with Gasteiger partial charge in [-0.3, -0.25) is 0 Å². The van der Waals surface area contributed by atoms with Crippen LogP contribution >= 0.6 is 22.9 Å². The first kappa shape index (κ1) is 13.6. The number of esters is 1. The van der Waals surface area contributed by atoms with Crippen molar-refractivity contribution >= 4 is 34.0 Å². The Morgan fingerprint density at radius 2 is 2.28 bits per heavy atom. The number of rotatable bonds is 2. The van der Waals surface area contributed by atoms with E-state index in [1.54, 1.807) is 0 Å². The Hall–Kier alpha value is -0.810. The van der Waals surface area contributed by atoms with E-state index in [9.17, 15) is 4.79 Å². The van der Waals surface area contributed by atoms with Crippen molar-refractivity contribution in [1.82, 2.24) is 4.98 Å². The van der Waals surface area contributed by atoms with Crippen LogP contribution in [0, 0.1) is 5.92 Å². The minimum atomic E-state index is -0.415. The molecule has 1 aromatic heterocycles. The minimum absolute atomic E-state index is 0.243. The fraction of sp³-hybridized carbons (Fsp3) is 0.667. The summed E-state index contributed by atoms with van der Waals surface area (Å²) in [4.78, 5) is 18.4. The second-order valence-electron chi connectivity index (χ2n) is 4.66. The molecule has 0 spiro atoms. The number of hydrogen-bond acceptors (Lipinski definition) is 5. The maximum Gasteiger partial charge on any atom is 0.351 e. The molecular weight excluding hydrogens is 272 g/mol. The highest BCUT2D eigenvalue weighted by atomic mass is 35.5. The van der Waals surface area contributed by atoms with Crippen molar-refractivity contribution in [3.05, 3.63) is 10.0 Å². The Balaban J connectivity index is 2.26. The van der Waals surface area contributed by atoms with E-state index in [0.717, 1.165) is 18.1 Å². The number of carbonyl (C=O) groups excluding carboxylic acids is 1. The summed E-state index contributed by atoms with van der Waals surface area (Å²) >= 11 is 7.31. The molecule has 0 bridgehead atoms. The van der Waals surface area contributed by atoms with Gasteiger partial charge in [0.1, 0.15) is 0 Å². The van der Waals surface area contributed by atoms with Crippen molar-refractivity contribution in [2.45, 2.75) is 32.7 Å². The SMILES string of the molecule is COC(=O)c1sc(N2CCCC(C)C2C)nc1Cl. The zero-order chi connectivity index (χ0) is 13.3. The average Bonchev–Trinajstić information content (AvgIpc) is 2.73. The standard InChI is InChI=1S/C12H17ClN2O2S/c1-7-5-4-6-15(8(7)2)12-14-10(13)9(18-12)11(16)17-3/h7-8H,4-6H2,1-3H3.